The van der Waals surface area contributed by atoms with Gasteiger partial charge in [0, 0.05) is 33.5 Å². The van der Waals surface area contributed by atoms with Gasteiger partial charge in [-0.15, -0.1) is 0 Å². The molecule has 0 amide bonds. The highest BCUT2D eigenvalue weighted by atomic mass is 16.5. The molecule has 0 spiro atoms. The van der Waals surface area contributed by atoms with Crippen LogP contribution in [0, 0.1) is 0 Å². The lowest BCUT2D eigenvalue weighted by atomic mass is 9.83. The van der Waals surface area contributed by atoms with E-state index in [9.17, 15) is 0 Å². The van der Waals surface area contributed by atoms with Crippen LogP contribution in [0.2, 0.25) is 0 Å². The average molecular weight is 452 g/mol. The second-order valence-electron chi connectivity index (χ2n) is 10.6. The summed E-state index contributed by atoms with van der Waals surface area (Å²) in [7, 11) is 0. The molecule has 5 aromatic carbocycles. The number of aromatic nitrogens is 1. The number of nitrogens with zero attached hydrogens (tertiary/aromatic N) is 1. The van der Waals surface area contributed by atoms with Gasteiger partial charge in [0.1, 0.15) is 11.9 Å². The van der Waals surface area contributed by atoms with Crippen molar-refractivity contribution in [2.75, 3.05) is 0 Å². The minimum absolute atomic E-state index is 0.0271. The molecule has 8 rings (SSSR count). The summed E-state index contributed by atoms with van der Waals surface area (Å²) in [4.78, 5) is 0. The van der Waals surface area contributed by atoms with Gasteiger partial charge in [0.05, 0.1) is 17.0 Å². The van der Waals surface area contributed by atoms with Crippen molar-refractivity contribution in [3.8, 4) is 11.4 Å². The van der Waals surface area contributed by atoms with Crippen LogP contribution in [0.15, 0.2) is 103 Å². The fourth-order valence-electron chi connectivity index (χ4n) is 6.72. The molecule has 0 N–H and O–H groups in total. The summed E-state index contributed by atoms with van der Waals surface area (Å²) in [5, 5.41) is 5.09. The number of fused-ring (bicyclic) bond motifs is 9. The fraction of sp³-hybridized carbons (Fsp3) is 0.152. The summed E-state index contributed by atoms with van der Waals surface area (Å²) >= 11 is 0. The molecule has 0 bridgehead atoms. The largest absolute Gasteiger partial charge is 0.488 e. The molecule has 2 heteroatoms. The van der Waals surface area contributed by atoms with Crippen LogP contribution in [0.1, 0.15) is 36.5 Å². The molecule has 0 saturated carbocycles. The van der Waals surface area contributed by atoms with E-state index in [4.69, 9.17) is 4.74 Å². The maximum Gasteiger partial charge on any atom is 0.125 e. The molecule has 6 aromatic rings. The van der Waals surface area contributed by atoms with Crippen LogP contribution in [-0.4, -0.2) is 10.7 Å². The number of hydrogen-bond donors (Lipinski definition) is 0. The Balaban J connectivity index is 1.42. The summed E-state index contributed by atoms with van der Waals surface area (Å²) in [6.45, 7) is 4.65. The molecule has 0 radical (unpaired) electrons. The Kier molecular flexibility index (Phi) is 3.61. The zero-order valence-electron chi connectivity index (χ0n) is 19.8. The highest BCUT2D eigenvalue weighted by Gasteiger charge is 2.52. The molecule has 2 nitrogen and oxygen atoms in total. The smallest absolute Gasteiger partial charge is 0.125 e. The van der Waals surface area contributed by atoms with Crippen LogP contribution in [0.4, 0.5) is 0 Å². The molecule has 168 valence electrons. The first-order valence-corrected chi connectivity index (χ1v) is 12.4. The SMILES string of the molecule is CC1(C)c2ccccc2C2c3cc4c5ccccc5n(-c5ccc6ccccc6c5)c4cc3OC21. The van der Waals surface area contributed by atoms with Crippen molar-refractivity contribution >= 4 is 32.6 Å². The molecule has 1 aromatic heterocycles. The lowest BCUT2D eigenvalue weighted by Crippen LogP contribution is -2.33. The van der Waals surface area contributed by atoms with Gasteiger partial charge >= 0.3 is 0 Å². The minimum Gasteiger partial charge on any atom is -0.488 e. The zero-order chi connectivity index (χ0) is 23.3. The van der Waals surface area contributed by atoms with Gasteiger partial charge < -0.3 is 9.30 Å². The van der Waals surface area contributed by atoms with E-state index in [-0.39, 0.29) is 17.4 Å². The maximum absolute atomic E-state index is 6.78. The Morgan fingerprint density at radius 2 is 1.43 bits per heavy atom. The van der Waals surface area contributed by atoms with E-state index >= 15 is 0 Å². The molecule has 35 heavy (non-hydrogen) atoms. The number of hydrogen-bond acceptors (Lipinski definition) is 1. The van der Waals surface area contributed by atoms with Crippen LogP contribution < -0.4 is 4.74 Å². The van der Waals surface area contributed by atoms with Gasteiger partial charge in [0.25, 0.3) is 0 Å². The van der Waals surface area contributed by atoms with Crippen molar-refractivity contribution in [1.29, 1.82) is 0 Å². The Morgan fingerprint density at radius 1 is 0.657 bits per heavy atom. The normalized spacial score (nSPS) is 19.6. The van der Waals surface area contributed by atoms with Crippen LogP contribution in [-0.2, 0) is 5.41 Å². The van der Waals surface area contributed by atoms with E-state index in [0.717, 1.165) is 5.75 Å². The Bertz CT molecular complexity index is 1820. The number of para-hydroxylation sites is 1. The van der Waals surface area contributed by atoms with Gasteiger partial charge in [-0.1, -0.05) is 86.6 Å². The van der Waals surface area contributed by atoms with Gasteiger partial charge in [-0.25, -0.2) is 0 Å². The van der Waals surface area contributed by atoms with E-state index in [2.05, 4.69) is 122 Å². The van der Waals surface area contributed by atoms with Crippen LogP contribution in [0.5, 0.6) is 5.75 Å². The first kappa shape index (κ1) is 19.3. The van der Waals surface area contributed by atoms with Gasteiger partial charge in [-0.05, 0) is 46.2 Å². The van der Waals surface area contributed by atoms with E-state index in [0.29, 0.717) is 0 Å². The predicted molar refractivity (Wildman–Crippen MR) is 144 cm³/mol. The van der Waals surface area contributed by atoms with Crippen molar-refractivity contribution in [3.63, 3.8) is 0 Å². The summed E-state index contributed by atoms with van der Waals surface area (Å²) < 4.78 is 9.18. The Hall–Kier alpha value is -4.04. The van der Waals surface area contributed by atoms with Crippen LogP contribution >= 0.6 is 0 Å². The molecule has 1 aliphatic heterocycles. The molecule has 2 heterocycles. The van der Waals surface area contributed by atoms with Gasteiger partial charge in [0.15, 0.2) is 0 Å². The summed E-state index contributed by atoms with van der Waals surface area (Å²) in [5.41, 5.74) is 7.73. The second-order valence-corrected chi connectivity index (χ2v) is 10.6. The summed E-state index contributed by atoms with van der Waals surface area (Å²) in [6, 6.07) is 37.7. The predicted octanol–water partition coefficient (Wildman–Crippen LogP) is 8.12. The quantitative estimate of drug-likeness (QED) is 0.246. The number of rotatable bonds is 1. The van der Waals surface area contributed by atoms with Crippen molar-refractivity contribution in [3.05, 3.63) is 120 Å². The molecular weight excluding hydrogens is 426 g/mol. The Morgan fingerprint density at radius 3 is 2.34 bits per heavy atom. The molecule has 1 aliphatic carbocycles. The summed E-state index contributed by atoms with van der Waals surface area (Å²) in [5.74, 6) is 1.31. The second kappa shape index (κ2) is 6.55. The van der Waals surface area contributed by atoms with Crippen LogP contribution in [0.25, 0.3) is 38.3 Å². The molecule has 2 unspecified atom stereocenters. The van der Waals surface area contributed by atoms with Crippen LogP contribution in [0.3, 0.4) is 0 Å². The maximum atomic E-state index is 6.78. The lowest BCUT2D eigenvalue weighted by molar-refractivity contribution is 0.153. The van der Waals surface area contributed by atoms with Gasteiger partial charge in [-0.2, -0.15) is 0 Å². The third-order valence-corrected chi connectivity index (χ3v) is 8.39. The average Bonchev–Trinajstić information content (AvgIpc) is 3.49. The molecule has 0 saturated heterocycles. The third kappa shape index (κ3) is 2.44. The molecule has 0 fully saturated rings. The third-order valence-electron chi connectivity index (χ3n) is 8.39. The number of ether oxygens (including phenoxy) is 1. The first-order chi connectivity index (χ1) is 17.1. The number of benzene rings is 5. The monoisotopic (exact) mass is 451 g/mol. The fourth-order valence-corrected chi connectivity index (χ4v) is 6.72. The minimum atomic E-state index is -0.0271. The summed E-state index contributed by atoms with van der Waals surface area (Å²) in [6.07, 6.45) is 0.127. The van der Waals surface area contributed by atoms with Crippen molar-refractivity contribution in [2.24, 2.45) is 0 Å². The van der Waals surface area contributed by atoms with E-state index in [1.807, 2.05) is 0 Å². The van der Waals surface area contributed by atoms with Crippen molar-refractivity contribution in [1.82, 2.24) is 4.57 Å². The molecular formula is C33H25NO. The van der Waals surface area contributed by atoms with Gasteiger partial charge in [0.2, 0.25) is 0 Å². The van der Waals surface area contributed by atoms with E-state index < -0.39 is 0 Å². The van der Waals surface area contributed by atoms with Gasteiger partial charge in [-0.3, -0.25) is 0 Å². The molecule has 2 aliphatic rings. The highest BCUT2D eigenvalue weighted by molar-refractivity contribution is 6.10. The lowest BCUT2D eigenvalue weighted by Gasteiger charge is -2.27. The zero-order valence-corrected chi connectivity index (χ0v) is 19.8. The first-order valence-electron chi connectivity index (χ1n) is 12.4. The Labute approximate surface area is 204 Å². The standard InChI is InChI=1S/C33H25NO/c1-33(2)27-13-7-5-12-24(27)31-26-18-25-23-11-6-8-14-28(23)34(29(25)19-30(26)35-32(31)33)22-16-15-20-9-3-4-10-21(20)17-22/h3-19,31-32H,1-2H3. The van der Waals surface area contributed by atoms with Crippen molar-refractivity contribution < 1.29 is 4.74 Å². The molecule has 2 atom stereocenters. The van der Waals surface area contributed by atoms with Crippen molar-refractivity contribution in [2.45, 2.75) is 31.3 Å². The van der Waals surface area contributed by atoms with E-state index in [1.54, 1.807) is 0 Å². The van der Waals surface area contributed by atoms with E-state index in [1.165, 1.54) is 55.0 Å². The highest BCUT2D eigenvalue weighted by Crippen LogP contribution is 2.57. The topological polar surface area (TPSA) is 14.2 Å².